The molecule has 2 amide bonds. The van der Waals surface area contributed by atoms with Crippen LogP contribution in [0.1, 0.15) is 27.7 Å². The Labute approximate surface area is 209 Å². The van der Waals surface area contributed by atoms with Crippen molar-refractivity contribution >= 4 is 45.6 Å². The second kappa shape index (κ2) is 10.4. The first-order valence-electron chi connectivity index (χ1n) is 10.4. The van der Waals surface area contributed by atoms with Crippen molar-refractivity contribution in [1.29, 1.82) is 5.26 Å². The summed E-state index contributed by atoms with van der Waals surface area (Å²) in [6.45, 7) is 3.28. The Bertz CT molecular complexity index is 1410. The highest BCUT2D eigenvalue weighted by molar-refractivity contribution is 8.00. The SMILES string of the molecule is Cc1c(C(=O)Nc2ccccc2)sc(NC(=O)C(C)Sc2c([O-])on[n+]2-c2ccccc2)c1C#N. The van der Waals surface area contributed by atoms with Crippen LogP contribution in [0.15, 0.2) is 70.2 Å². The molecule has 0 saturated heterocycles. The first-order chi connectivity index (χ1) is 16.9. The number of nitriles is 1. The van der Waals surface area contributed by atoms with Gasteiger partial charge in [-0.1, -0.05) is 36.4 Å². The fourth-order valence-corrected chi connectivity index (χ4v) is 5.10. The molecule has 0 bridgehead atoms. The summed E-state index contributed by atoms with van der Waals surface area (Å²) in [5.41, 5.74) is 1.92. The van der Waals surface area contributed by atoms with E-state index >= 15 is 0 Å². The lowest BCUT2D eigenvalue weighted by molar-refractivity contribution is -0.705. The van der Waals surface area contributed by atoms with Gasteiger partial charge in [0.15, 0.2) is 5.95 Å². The highest BCUT2D eigenvalue weighted by Gasteiger charge is 2.28. The zero-order chi connectivity index (χ0) is 24.9. The van der Waals surface area contributed by atoms with Crippen molar-refractivity contribution in [3.05, 3.63) is 76.7 Å². The minimum absolute atomic E-state index is 0.143. The first kappa shape index (κ1) is 24.0. The topological polar surface area (TPSA) is 135 Å². The van der Waals surface area contributed by atoms with Crippen molar-refractivity contribution < 1.29 is 23.9 Å². The molecule has 0 saturated carbocycles. The predicted molar refractivity (Wildman–Crippen MR) is 130 cm³/mol. The van der Waals surface area contributed by atoms with Crippen LogP contribution in [0.25, 0.3) is 5.69 Å². The van der Waals surface area contributed by atoms with Crippen molar-refractivity contribution in [2.75, 3.05) is 10.6 Å². The molecule has 0 spiro atoms. The summed E-state index contributed by atoms with van der Waals surface area (Å²) >= 11 is 2.00. The molecule has 4 aromatic rings. The van der Waals surface area contributed by atoms with Gasteiger partial charge in [0.2, 0.25) is 11.6 Å². The van der Waals surface area contributed by atoms with Gasteiger partial charge in [-0.25, -0.2) is 0 Å². The maximum absolute atomic E-state index is 12.9. The molecule has 2 heterocycles. The molecule has 2 aromatic heterocycles. The average molecular weight is 506 g/mol. The van der Waals surface area contributed by atoms with E-state index < -0.39 is 17.1 Å². The number of benzene rings is 2. The molecule has 1 unspecified atom stereocenters. The van der Waals surface area contributed by atoms with Gasteiger partial charge >= 0.3 is 0 Å². The number of nitrogens with zero attached hydrogens (tertiary/aromatic N) is 3. The lowest BCUT2D eigenvalue weighted by atomic mass is 10.1. The van der Waals surface area contributed by atoms with E-state index in [0.29, 0.717) is 21.8 Å². The van der Waals surface area contributed by atoms with Crippen molar-refractivity contribution in [2.24, 2.45) is 0 Å². The zero-order valence-corrected chi connectivity index (χ0v) is 20.3. The number of nitrogens with one attached hydrogen (secondary N) is 2. The van der Waals surface area contributed by atoms with Crippen LogP contribution in [0.3, 0.4) is 0 Å². The van der Waals surface area contributed by atoms with Crippen LogP contribution in [0, 0.1) is 18.3 Å². The van der Waals surface area contributed by atoms with Crippen LogP contribution < -0.4 is 20.4 Å². The minimum atomic E-state index is -0.729. The van der Waals surface area contributed by atoms with Crippen LogP contribution in [-0.4, -0.2) is 22.3 Å². The summed E-state index contributed by atoms with van der Waals surface area (Å²) in [5.74, 6) is -1.48. The van der Waals surface area contributed by atoms with Gasteiger partial charge in [-0.2, -0.15) is 5.26 Å². The third-order valence-electron chi connectivity index (χ3n) is 4.96. The quantitative estimate of drug-likeness (QED) is 0.289. The normalized spacial score (nSPS) is 11.5. The number of aromatic nitrogens is 2. The predicted octanol–water partition coefficient (Wildman–Crippen LogP) is 3.64. The lowest BCUT2D eigenvalue weighted by Crippen LogP contribution is -2.36. The molecule has 0 aliphatic rings. The van der Waals surface area contributed by atoms with E-state index in [1.54, 1.807) is 62.4 Å². The van der Waals surface area contributed by atoms with E-state index in [0.717, 1.165) is 23.1 Å². The molecule has 0 fully saturated rings. The number of amides is 2. The minimum Gasteiger partial charge on any atom is -0.538 e. The average Bonchev–Trinajstić information content (AvgIpc) is 3.38. The number of rotatable bonds is 7. The molecule has 9 nitrogen and oxygen atoms in total. The summed E-state index contributed by atoms with van der Waals surface area (Å²) in [5, 5.41) is 30.8. The summed E-state index contributed by atoms with van der Waals surface area (Å²) in [4.78, 5) is 26.0. The molecule has 4 rings (SSSR count). The van der Waals surface area contributed by atoms with Crippen molar-refractivity contribution in [3.63, 3.8) is 0 Å². The summed E-state index contributed by atoms with van der Waals surface area (Å²) in [7, 11) is 0. The van der Waals surface area contributed by atoms with E-state index in [9.17, 15) is 20.0 Å². The third-order valence-corrected chi connectivity index (χ3v) is 7.30. The van der Waals surface area contributed by atoms with Crippen LogP contribution >= 0.6 is 23.1 Å². The van der Waals surface area contributed by atoms with Gasteiger partial charge in [-0.05, 0) is 48.0 Å². The molecule has 0 radical (unpaired) electrons. The van der Waals surface area contributed by atoms with E-state index in [1.165, 1.54) is 4.68 Å². The van der Waals surface area contributed by atoms with Gasteiger partial charge in [-0.3, -0.25) is 9.59 Å². The van der Waals surface area contributed by atoms with Crippen LogP contribution in [0.4, 0.5) is 10.7 Å². The zero-order valence-electron chi connectivity index (χ0n) is 18.6. The Morgan fingerprint density at radius 1 is 1.14 bits per heavy atom. The number of thiophene rings is 1. The fourth-order valence-electron chi connectivity index (χ4n) is 3.17. The molecule has 11 heteroatoms. The number of para-hydroxylation sites is 2. The Hall–Kier alpha value is -4.14. The van der Waals surface area contributed by atoms with Gasteiger partial charge < -0.3 is 20.3 Å². The Morgan fingerprint density at radius 2 is 1.80 bits per heavy atom. The van der Waals surface area contributed by atoms with Gasteiger partial charge in [0, 0.05) is 17.8 Å². The molecule has 1 atom stereocenters. The van der Waals surface area contributed by atoms with Crippen LogP contribution in [0.5, 0.6) is 5.95 Å². The van der Waals surface area contributed by atoms with Crippen LogP contribution in [-0.2, 0) is 4.79 Å². The summed E-state index contributed by atoms with van der Waals surface area (Å²) in [6, 6.07) is 19.9. The van der Waals surface area contributed by atoms with Gasteiger partial charge in [-0.15, -0.1) is 11.3 Å². The molecular weight excluding hydrogens is 486 g/mol. The molecule has 0 aliphatic carbocycles. The molecular formula is C24H19N5O4S2. The summed E-state index contributed by atoms with van der Waals surface area (Å²) in [6.07, 6.45) is 0. The number of thioether (sulfide) groups is 1. The van der Waals surface area contributed by atoms with Crippen molar-refractivity contribution in [2.45, 2.75) is 24.1 Å². The van der Waals surface area contributed by atoms with Crippen molar-refractivity contribution in [1.82, 2.24) is 5.27 Å². The second-order valence-electron chi connectivity index (χ2n) is 7.35. The second-order valence-corrected chi connectivity index (χ2v) is 9.70. The lowest BCUT2D eigenvalue weighted by Gasteiger charge is -2.09. The van der Waals surface area contributed by atoms with E-state index in [4.69, 9.17) is 4.52 Å². The fraction of sp³-hybridized carbons (Fsp3) is 0.125. The number of hydrogen-bond donors (Lipinski definition) is 2. The molecule has 2 aromatic carbocycles. The number of hydrogen-bond acceptors (Lipinski definition) is 8. The smallest absolute Gasteiger partial charge is 0.298 e. The van der Waals surface area contributed by atoms with Gasteiger partial charge in [0.05, 0.1) is 21.0 Å². The van der Waals surface area contributed by atoms with E-state index in [2.05, 4.69) is 22.0 Å². The maximum Gasteiger partial charge on any atom is 0.298 e. The third kappa shape index (κ3) is 5.18. The van der Waals surface area contributed by atoms with Gasteiger partial charge in [0.1, 0.15) is 11.1 Å². The van der Waals surface area contributed by atoms with Crippen LogP contribution in [0.2, 0.25) is 0 Å². The van der Waals surface area contributed by atoms with Crippen molar-refractivity contribution in [3.8, 4) is 17.7 Å². The summed E-state index contributed by atoms with van der Waals surface area (Å²) < 4.78 is 6.13. The molecule has 2 N–H and O–H groups in total. The van der Waals surface area contributed by atoms with E-state index in [1.807, 2.05) is 12.1 Å². The number of carbonyl (C=O) groups excluding carboxylic acids is 2. The monoisotopic (exact) mass is 505 g/mol. The highest BCUT2D eigenvalue weighted by atomic mass is 32.2. The standard InChI is InChI=1S/C24H19N5O4S2/c1-14-18(13-25)22(35-19(14)21(31)26-16-9-5-3-6-10-16)27-20(30)15(2)34-23-24(32)33-28-29(23)17-11-7-4-8-12-17/h3-12,15H,1-2H3,(H2-,26,27,28,30,31,32). The van der Waals surface area contributed by atoms with E-state index in [-0.39, 0.29) is 21.5 Å². The highest BCUT2D eigenvalue weighted by Crippen LogP contribution is 2.34. The number of anilines is 2. The molecule has 0 aliphatic heterocycles. The first-order valence-corrected chi connectivity index (χ1v) is 12.1. The Kier molecular flexibility index (Phi) is 7.14. The Balaban J connectivity index is 1.51. The number of carbonyl (C=O) groups is 2. The largest absolute Gasteiger partial charge is 0.538 e. The molecule has 35 heavy (non-hydrogen) atoms. The maximum atomic E-state index is 12.9. The van der Waals surface area contributed by atoms with Gasteiger partial charge in [0.25, 0.3) is 10.9 Å². The Morgan fingerprint density at radius 3 is 2.46 bits per heavy atom. The molecule has 176 valence electrons.